The summed E-state index contributed by atoms with van der Waals surface area (Å²) in [5.74, 6) is 0. The summed E-state index contributed by atoms with van der Waals surface area (Å²) in [6, 6.07) is 0. The van der Waals surface area contributed by atoms with E-state index in [0.717, 1.165) is 19.3 Å². The fourth-order valence-electron chi connectivity index (χ4n) is 3.13. The van der Waals surface area contributed by atoms with Crippen molar-refractivity contribution in [3.63, 3.8) is 0 Å². The minimum absolute atomic E-state index is 0.123. The molecule has 2 N–H and O–H groups in total. The molecular formula is C20H42O2. The number of rotatable bonds is 17. The first-order valence-electron chi connectivity index (χ1n) is 9.96. The molecule has 0 radical (unpaired) electrons. The van der Waals surface area contributed by atoms with Crippen LogP contribution in [0.4, 0.5) is 0 Å². The summed E-state index contributed by atoms with van der Waals surface area (Å²) >= 11 is 0. The molecule has 0 aromatic carbocycles. The Bertz CT molecular complexity index is 203. The lowest BCUT2D eigenvalue weighted by Gasteiger charge is -2.28. The Hall–Kier alpha value is -0.0800. The van der Waals surface area contributed by atoms with Gasteiger partial charge in [0.05, 0.1) is 13.2 Å². The second-order valence-corrected chi connectivity index (χ2v) is 7.16. The minimum Gasteiger partial charge on any atom is -0.396 e. The number of unbranched alkanes of at least 4 members (excludes halogenated alkanes) is 12. The standard InChI is InChI=1S/C20H42O2/c1-3-5-6-7-8-9-10-11-12-13-14-15-16-17-20(4-2,18-21)19-22/h21-22H,3-19H2,1-2H3. The van der Waals surface area contributed by atoms with Gasteiger partial charge in [-0.05, 0) is 12.8 Å². The molecule has 0 heterocycles. The quantitative estimate of drug-likeness (QED) is 0.331. The van der Waals surface area contributed by atoms with Crippen molar-refractivity contribution in [3.8, 4) is 0 Å². The smallest absolute Gasteiger partial charge is 0.0509 e. The molecule has 0 fully saturated rings. The van der Waals surface area contributed by atoms with Crippen LogP contribution in [-0.4, -0.2) is 23.4 Å². The van der Waals surface area contributed by atoms with E-state index >= 15 is 0 Å². The van der Waals surface area contributed by atoms with E-state index in [9.17, 15) is 10.2 Å². The summed E-state index contributed by atoms with van der Waals surface area (Å²) in [5.41, 5.74) is -0.224. The molecule has 2 heteroatoms. The van der Waals surface area contributed by atoms with Crippen LogP contribution in [0.2, 0.25) is 0 Å². The molecule has 0 aliphatic heterocycles. The zero-order chi connectivity index (χ0) is 16.5. The molecule has 134 valence electrons. The Morgan fingerprint density at radius 2 is 0.909 bits per heavy atom. The van der Waals surface area contributed by atoms with Gasteiger partial charge in [0.1, 0.15) is 0 Å². The van der Waals surface area contributed by atoms with Crippen LogP contribution in [0.5, 0.6) is 0 Å². The fraction of sp³-hybridized carbons (Fsp3) is 1.00. The molecule has 0 atom stereocenters. The van der Waals surface area contributed by atoms with Crippen molar-refractivity contribution in [1.82, 2.24) is 0 Å². The minimum atomic E-state index is -0.224. The van der Waals surface area contributed by atoms with Gasteiger partial charge in [0, 0.05) is 5.41 Å². The Morgan fingerprint density at radius 3 is 1.23 bits per heavy atom. The summed E-state index contributed by atoms with van der Waals surface area (Å²) in [6.45, 7) is 4.58. The van der Waals surface area contributed by atoms with E-state index in [1.807, 2.05) is 0 Å². The van der Waals surface area contributed by atoms with Crippen LogP contribution in [0.15, 0.2) is 0 Å². The van der Waals surface area contributed by atoms with Gasteiger partial charge in [-0.25, -0.2) is 0 Å². The molecule has 0 aliphatic carbocycles. The highest BCUT2D eigenvalue weighted by Gasteiger charge is 2.25. The lowest BCUT2D eigenvalue weighted by atomic mass is 9.81. The van der Waals surface area contributed by atoms with Gasteiger partial charge in [-0.3, -0.25) is 0 Å². The molecule has 0 spiro atoms. The second-order valence-electron chi connectivity index (χ2n) is 7.16. The highest BCUT2D eigenvalue weighted by Crippen LogP contribution is 2.28. The normalized spacial score (nSPS) is 12.0. The van der Waals surface area contributed by atoms with Crippen molar-refractivity contribution in [3.05, 3.63) is 0 Å². The van der Waals surface area contributed by atoms with E-state index in [2.05, 4.69) is 13.8 Å². The zero-order valence-electron chi connectivity index (χ0n) is 15.4. The van der Waals surface area contributed by atoms with Gasteiger partial charge in [-0.15, -0.1) is 0 Å². The third kappa shape index (κ3) is 11.5. The lowest BCUT2D eigenvalue weighted by molar-refractivity contribution is 0.0416. The maximum atomic E-state index is 9.41. The average Bonchev–Trinajstić information content (AvgIpc) is 2.56. The van der Waals surface area contributed by atoms with Gasteiger partial charge in [-0.2, -0.15) is 0 Å². The van der Waals surface area contributed by atoms with E-state index in [-0.39, 0.29) is 18.6 Å². The molecule has 2 nitrogen and oxygen atoms in total. The largest absolute Gasteiger partial charge is 0.396 e. The van der Waals surface area contributed by atoms with Gasteiger partial charge >= 0.3 is 0 Å². The molecule has 0 unspecified atom stereocenters. The maximum Gasteiger partial charge on any atom is 0.0509 e. The molecule has 0 aromatic heterocycles. The molecule has 0 bridgehead atoms. The van der Waals surface area contributed by atoms with Gasteiger partial charge in [0.2, 0.25) is 0 Å². The zero-order valence-corrected chi connectivity index (χ0v) is 15.4. The number of hydrogen-bond acceptors (Lipinski definition) is 2. The molecule has 0 aliphatic rings. The first-order valence-corrected chi connectivity index (χ1v) is 9.96. The van der Waals surface area contributed by atoms with Crippen molar-refractivity contribution < 1.29 is 10.2 Å². The van der Waals surface area contributed by atoms with Crippen LogP contribution < -0.4 is 0 Å². The van der Waals surface area contributed by atoms with Gasteiger partial charge in [0.15, 0.2) is 0 Å². The predicted octanol–water partition coefficient (Wildman–Crippen LogP) is 5.85. The molecule has 0 rings (SSSR count). The number of aliphatic hydroxyl groups excluding tert-OH is 2. The van der Waals surface area contributed by atoms with Crippen LogP contribution >= 0.6 is 0 Å². The molecule has 0 aromatic rings. The predicted molar refractivity (Wildman–Crippen MR) is 97.2 cm³/mol. The second kappa shape index (κ2) is 15.8. The number of hydrogen-bond donors (Lipinski definition) is 2. The molecule has 22 heavy (non-hydrogen) atoms. The summed E-state index contributed by atoms with van der Waals surface area (Å²) < 4.78 is 0. The van der Waals surface area contributed by atoms with E-state index in [4.69, 9.17) is 0 Å². The Morgan fingerprint density at radius 1 is 0.545 bits per heavy atom. The van der Waals surface area contributed by atoms with Crippen LogP contribution in [0.25, 0.3) is 0 Å². The monoisotopic (exact) mass is 314 g/mol. The van der Waals surface area contributed by atoms with Gasteiger partial charge in [-0.1, -0.05) is 97.3 Å². The topological polar surface area (TPSA) is 40.5 Å². The third-order valence-corrected chi connectivity index (χ3v) is 5.23. The van der Waals surface area contributed by atoms with Crippen molar-refractivity contribution in [1.29, 1.82) is 0 Å². The molecule has 0 saturated carbocycles. The van der Waals surface area contributed by atoms with Crippen molar-refractivity contribution >= 4 is 0 Å². The maximum absolute atomic E-state index is 9.41. The van der Waals surface area contributed by atoms with Crippen molar-refractivity contribution in [2.75, 3.05) is 13.2 Å². The Labute approximate surface area is 139 Å². The van der Waals surface area contributed by atoms with E-state index in [1.54, 1.807) is 0 Å². The molecular weight excluding hydrogens is 272 g/mol. The van der Waals surface area contributed by atoms with Crippen LogP contribution in [0, 0.1) is 5.41 Å². The van der Waals surface area contributed by atoms with E-state index in [0.29, 0.717) is 0 Å². The van der Waals surface area contributed by atoms with Crippen LogP contribution in [0.3, 0.4) is 0 Å². The average molecular weight is 315 g/mol. The molecule has 0 saturated heterocycles. The summed E-state index contributed by atoms with van der Waals surface area (Å²) in [5, 5.41) is 18.8. The Kier molecular flexibility index (Phi) is 15.7. The first-order chi connectivity index (χ1) is 10.7. The van der Waals surface area contributed by atoms with Crippen LogP contribution in [-0.2, 0) is 0 Å². The first kappa shape index (κ1) is 21.9. The highest BCUT2D eigenvalue weighted by atomic mass is 16.3. The summed E-state index contributed by atoms with van der Waals surface area (Å²) in [6.07, 6.45) is 19.6. The lowest BCUT2D eigenvalue weighted by Crippen LogP contribution is -2.28. The van der Waals surface area contributed by atoms with Crippen molar-refractivity contribution in [2.24, 2.45) is 5.41 Å². The fourth-order valence-corrected chi connectivity index (χ4v) is 3.13. The Balaban J connectivity index is 3.27. The van der Waals surface area contributed by atoms with Crippen LogP contribution in [0.1, 0.15) is 110 Å². The summed E-state index contributed by atoms with van der Waals surface area (Å²) in [4.78, 5) is 0. The van der Waals surface area contributed by atoms with E-state index < -0.39 is 0 Å². The number of aliphatic hydroxyl groups is 2. The van der Waals surface area contributed by atoms with Gasteiger partial charge in [0.25, 0.3) is 0 Å². The molecule has 0 amide bonds. The SMILES string of the molecule is CCCCCCCCCCCCCCCC(CC)(CO)CO. The highest BCUT2D eigenvalue weighted by molar-refractivity contribution is 4.75. The third-order valence-electron chi connectivity index (χ3n) is 5.23. The van der Waals surface area contributed by atoms with Crippen molar-refractivity contribution in [2.45, 2.75) is 110 Å². The van der Waals surface area contributed by atoms with Gasteiger partial charge < -0.3 is 10.2 Å². The summed E-state index contributed by atoms with van der Waals surface area (Å²) in [7, 11) is 0. The van der Waals surface area contributed by atoms with E-state index in [1.165, 1.54) is 77.0 Å².